The van der Waals surface area contributed by atoms with Gasteiger partial charge in [-0.1, -0.05) is 30.3 Å². The molecule has 2 aromatic carbocycles. The average Bonchev–Trinajstić information content (AvgIpc) is 3.19. The van der Waals surface area contributed by atoms with Crippen LogP contribution in [0.4, 0.5) is 21.9 Å². The molecule has 0 aliphatic rings. The number of urea groups is 1. The van der Waals surface area contributed by atoms with E-state index < -0.39 is 22.6 Å². The lowest BCUT2D eigenvalue weighted by molar-refractivity contribution is -0.385. The third kappa shape index (κ3) is 4.95. The fourth-order valence-electron chi connectivity index (χ4n) is 2.61. The average molecular weight is 394 g/mol. The minimum Gasteiger partial charge on any atom is -0.344 e. The largest absolute Gasteiger partial charge is 0.344 e. The van der Waals surface area contributed by atoms with Crippen LogP contribution in [0.3, 0.4) is 0 Å². The van der Waals surface area contributed by atoms with Crippen molar-refractivity contribution in [3.8, 4) is 0 Å². The number of nitro groups is 1. The summed E-state index contributed by atoms with van der Waals surface area (Å²) in [6.45, 7) is 1.74. The maximum Gasteiger partial charge on any atom is 0.323 e. The molecule has 3 amide bonds. The summed E-state index contributed by atoms with van der Waals surface area (Å²) in [5.41, 5.74) is 1.40. The molecule has 3 aromatic rings. The van der Waals surface area contributed by atoms with Gasteiger partial charge >= 0.3 is 11.7 Å². The number of nitrogens with one attached hydrogen (secondary N) is 4. The number of para-hydroxylation sites is 1. The third-order valence-electron chi connectivity index (χ3n) is 4.09. The van der Waals surface area contributed by atoms with Crippen molar-refractivity contribution in [3.63, 3.8) is 0 Å². The van der Waals surface area contributed by atoms with Crippen molar-refractivity contribution in [2.24, 2.45) is 0 Å². The number of hydrogen-bond acceptors (Lipinski definition) is 5. The predicted molar refractivity (Wildman–Crippen MR) is 107 cm³/mol. The van der Waals surface area contributed by atoms with Gasteiger partial charge in [-0.3, -0.25) is 20.0 Å². The highest BCUT2D eigenvalue weighted by molar-refractivity contribution is 5.99. The van der Waals surface area contributed by atoms with Gasteiger partial charge in [0.2, 0.25) is 5.69 Å². The lowest BCUT2D eigenvalue weighted by Gasteiger charge is -2.14. The van der Waals surface area contributed by atoms with Gasteiger partial charge in [-0.25, -0.2) is 4.79 Å². The fourth-order valence-corrected chi connectivity index (χ4v) is 2.61. The van der Waals surface area contributed by atoms with Crippen molar-refractivity contribution in [3.05, 3.63) is 82.2 Å². The summed E-state index contributed by atoms with van der Waals surface area (Å²) in [6, 6.07) is 15.1. The lowest BCUT2D eigenvalue weighted by atomic mass is 10.1. The second-order valence-electron chi connectivity index (χ2n) is 6.15. The van der Waals surface area contributed by atoms with Crippen molar-refractivity contribution >= 4 is 29.0 Å². The second kappa shape index (κ2) is 8.65. The molecule has 0 unspecified atom stereocenters. The highest BCUT2D eigenvalue weighted by Crippen LogP contribution is 2.19. The quantitative estimate of drug-likeness (QED) is 0.374. The Labute approximate surface area is 165 Å². The standard InChI is InChI=1S/C19H18N6O4/c1-12(21-18(26)17-16(25(28)29)11-20-24-17)13-7-9-15(10-8-13)23-19(27)22-14-5-3-2-4-6-14/h2-12H,1H3,(H,20,24)(H,21,26)(H2,22,23,27)/t12-/m1/s1. The molecular weight excluding hydrogens is 376 g/mol. The lowest BCUT2D eigenvalue weighted by Crippen LogP contribution is -2.27. The van der Waals surface area contributed by atoms with Crippen LogP contribution in [0.15, 0.2) is 60.8 Å². The van der Waals surface area contributed by atoms with E-state index in [0.717, 1.165) is 11.8 Å². The van der Waals surface area contributed by atoms with Gasteiger partial charge in [0.05, 0.1) is 11.0 Å². The fraction of sp³-hybridized carbons (Fsp3) is 0.105. The van der Waals surface area contributed by atoms with Crippen LogP contribution >= 0.6 is 0 Å². The van der Waals surface area contributed by atoms with Crippen LogP contribution in [0.25, 0.3) is 0 Å². The molecule has 3 rings (SSSR count). The number of amides is 3. The van der Waals surface area contributed by atoms with Crippen molar-refractivity contribution in [1.82, 2.24) is 15.5 Å². The van der Waals surface area contributed by atoms with E-state index in [2.05, 4.69) is 26.1 Å². The van der Waals surface area contributed by atoms with Gasteiger partial charge in [0.1, 0.15) is 6.20 Å². The molecule has 0 aliphatic carbocycles. The molecule has 0 radical (unpaired) electrons. The Balaban J connectivity index is 1.59. The number of anilines is 2. The molecule has 0 spiro atoms. The molecule has 148 valence electrons. The topological polar surface area (TPSA) is 142 Å². The number of rotatable bonds is 6. The van der Waals surface area contributed by atoms with Gasteiger partial charge in [-0.2, -0.15) is 5.10 Å². The van der Waals surface area contributed by atoms with Crippen LogP contribution in [-0.2, 0) is 0 Å². The van der Waals surface area contributed by atoms with Gasteiger partial charge in [-0.15, -0.1) is 0 Å². The third-order valence-corrected chi connectivity index (χ3v) is 4.09. The Morgan fingerprint density at radius 1 is 1.03 bits per heavy atom. The summed E-state index contributed by atoms with van der Waals surface area (Å²) in [6.07, 6.45) is 0.987. The first-order chi connectivity index (χ1) is 13.9. The SMILES string of the molecule is C[C@@H](NC(=O)c1[nH]ncc1[N+](=O)[O-])c1ccc(NC(=O)Nc2ccccc2)cc1. The first-order valence-electron chi connectivity index (χ1n) is 8.65. The minimum atomic E-state index is -0.677. The van der Waals surface area contributed by atoms with E-state index in [4.69, 9.17) is 0 Å². The molecule has 1 atom stereocenters. The van der Waals surface area contributed by atoms with E-state index in [-0.39, 0.29) is 11.7 Å². The number of carbonyl (C=O) groups excluding carboxylic acids is 2. The summed E-state index contributed by atoms with van der Waals surface area (Å²) in [7, 11) is 0. The van der Waals surface area contributed by atoms with Gasteiger partial charge in [0, 0.05) is 11.4 Å². The molecule has 10 heteroatoms. The van der Waals surface area contributed by atoms with Gasteiger partial charge in [0.25, 0.3) is 5.91 Å². The highest BCUT2D eigenvalue weighted by Gasteiger charge is 2.24. The van der Waals surface area contributed by atoms with E-state index in [1.807, 2.05) is 18.2 Å². The zero-order chi connectivity index (χ0) is 20.8. The Morgan fingerprint density at radius 2 is 1.66 bits per heavy atom. The number of nitrogens with zero attached hydrogens (tertiary/aromatic N) is 2. The summed E-state index contributed by atoms with van der Waals surface area (Å²) in [4.78, 5) is 34.5. The predicted octanol–water partition coefficient (Wildman–Crippen LogP) is 3.45. The minimum absolute atomic E-state index is 0.210. The first kappa shape index (κ1) is 19.5. The molecule has 0 saturated carbocycles. The van der Waals surface area contributed by atoms with Crippen LogP contribution in [0.5, 0.6) is 0 Å². The molecule has 0 saturated heterocycles. The summed E-state index contributed by atoms with van der Waals surface area (Å²) in [5.74, 6) is -0.633. The zero-order valence-electron chi connectivity index (χ0n) is 15.4. The Hall–Kier alpha value is -4.21. The number of carbonyl (C=O) groups is 2. The molecule has 1 heterocycles. The molecule has 1 aromatic heterocycles. The van der Waals surface area contributed by atoms with Gasteiger partial charge < -0.3 is 16.0 Å². The first-order valence-corrected chi connectivity index (χ1v) is 8.65. The van der Waals surface area contributed by atoms with Crippen molar-refractivity contribution in [1.29, 1.82) is 0 Å². The number of aromatic nitrogens is 2. The van der Waals surface area contributed by atoms with E-state index in [9.17, 15) is 19.7 Å². The van der Waals surface area contributed by atoms with E-state index >= 15 is 0 Å². The van der Waals surface area contributed by atoms with Crippen LogP contribution in [0, 0.1) is 10.1 Å². The molecular formula is C19H18N6O4. The van der Waals surface area contributed by atoms with Crippen LogP contribution < -0.4 is 16.0 Å². The number of H-pyrrole nitrogens is 1. The maximum atomic E-state index is 12.2. The zero-order valence-corrected chi connectivity index (χ0v) is 15.4. The van der Waals surface area contributed by atoms with Crippen LogP contribution in [0.2, 0.25) is 0 Å². The van der Waals surface area contributed by atoms with Crippen LogP contribution in [0.1, 0.15) is 29.0 Å². The summed E-state index contributed by atoms with van der Waals surface area (Å²) < 4.78 is 0. The van der Waals surface area contributed by atoms with Crippen molar-refractivity contribution < 1.29 is 14.5 Å². The van der Waals surface area contributed by atoms with Crippen molar-refractivity contribution in [2.45, 2.75) is 13.0 Å². The summed E-state index contributed by atoms with van der Waals surface area (Å²) >= 11 is 0. The number of aromatic amines is 1. The highest BCUT2D eigenvalue weighted by atomic mass is 16.6. The number of hydrogen-bond donors (Lipinski definition) is 4. The van der Waals surface area contributed by atoms with Gasteiger partial charge in [0.15, 0.2) is 0 Å². The number of benzene rings is 2. The molecule has 0 aliphatic heterocycles. The smallest absolute Gasteiger partial charge is 0.323 e. The molecule has 29 heavy (non-hydrogen) atoms. The van der Waals surface area contributed by atoms with Gasteiger partial charge in [-0.05, 0) is 36.8 Å². The second-order valence-corrected chi connectivity index (χ2v) is 6.15. The molecule has 0 bridgehead atoms. The van der Waals surface area contributed by atoms with E-state index in [1.54, 1.807) is 43.3 Å². The Morgan fingerprint density at radius 3 is 2.28 bits per heavy atom. The Bertz CT molecular complexity index is 1020. The van der Waals surface area contributed by atoms with Crippen molar-refractivity contribution in [2.75, 3.05) is 10.6 Å². The maximum absolute atomic E-state index is 12.2. The van der Waals surface area contributed by atoms with Crippen LogP contribution in [-0.4, -0.2) is 27.1 Å². The molecule has 10 nitrogen and oxygen atoms in total. The van der Waals surface area contributed by atoms with E-state index in [0.29, 0.717) is 11.4 Å². The Kier molecular flexibility index (Phi) is 5.83. The van der Waals surface area contributed by atoms with E-state index in [1.165, 1.54) is 0 Å². The molecule has 0 fully saturated rings. The normalized spacial score (nSPS) is 11.3. The molecule has 4 N–H and O–H groups in total. The monoisotopic (exact) mass is 394 g/mol. The summed E-state index contributed by atoms with van der Waals surface area (Å²) in [5, 5.41) is 24.9.